The van der Waals surface area contributed by atoms with Crippen LogP contribution in [-0.2, 0) is 0 Å². The van der Waals surface area contributed by atoms with Crippen molar-refractivity contribution in [1.29, 1.82) is 0 Å². The zero-order chi connectivity index (χ0) is 17.2. The van der Waals surface area contributed by atoms with E-state index in [1.165, 1.54) is 0 Å². The number of hydrogen-bond acceptors (Lipinski definition) is 1. The van der Waals surface area contributed by atoms with E-state index in [2.05, 4.69) is 40.7 Å². The van der Waals surface area contributed by atoms with E-state index in [0.29, 0.717) is 13.1 Å². The maximum Gasteiger partial charge on any atom is 0.0808 e. The lowest BCUT2D eigenvalue weighted by atomic mass is 10.2. The summed E-state index contributed by atoms with van der Waals surface area (Å²) in [5.74, 6) is 12.9. The maximum absolute atomic E-state index is 3.26. The SMILES string of the molecule is C(#Cc1ccccc1)CN(CC#Cc1ccccc1)c1ccccc1. The molecule has 0 aliphatic rings. The molecule has 0 spiro atoms. The van der Waals surface area contributed by atoms with E-state index in [0.717, 1.165) is 16.8 Å². The number of rotatable bonds is 3. The summed E-state index contributed by atoms with van der Waals surface area (Å²) in [5, 5.41) is 0. The summed E-state index contributed by atoms with van der Waals surface area (Å²) in [6.45, 7) is 1.28. The Labute approximate surface area is 149 Å². The maximum atomic E-state index is 3.26. The van der Waals surface area contributed by atoms with Crippen LogP contribution >= 0.6 is 0 Å². The van der Waals surface area contributed by atoms with Gasteiger partial charge in [-0.3, -0.25) is 0 Å². The first-order chi connectivity index (χ1) is 12.4. The Balaban J connectivity index is 1.72. The molecular weight excluding hydrogens is 302 g/mol. The summed E-state index contributed by atoms with van der Waals surface area (Å²) in [7, 11) is 0. The zero-order valence-electron chi connectivity index (χ0n) is 14.0. The number of para-hydroxylation sites is 1. The average Bonchev–Trinajstić information content (AvgIpc) is 2.69. The van der Waals surface area contributed by atoms with Gasteiger partial charge in [-0.05, 0) is 36.4 Å². The van der Waals surface area contributed by atoms with E-state index in [1.54, 1.807) is 0 Å². The van der Waals surface area contributed by atoms with Crippen LogP contribution in [0.25, 0.3) is 0 Å². The van der Waals surface area contributed by atoms with Crippen LogP contribution < -0.4 is 4.90 Å². The lowest BCUT2D eigenvalue weighted by Crippen LogP contribution is -2.23. The Morgan fingerprint density at radius 1 is 0.520 bits per heavy atom. The molecular formula is C24H19N. The van der Waals surface area contributed by atoms with E-state index in [4.69, 9.17) is 0 Å². The zero-order valence-corrected chi connectivity index (χ0v) is 14.0. The molecule has 0 atom stereocenters. The number of hydrogen-bond donors (Lipinski definition) is 0. The number of anilines is 1. The Hall–Kier alpha value is -3.42. The molecule has 0 N–H and O–H groups in total. The molecule has 0 fully saturated rings. The third-order valence-electron chi connectivity index (χ3n) is 3.67. The minimum absolute atomic E-state index is 0.641. The Bertz CT molecular complexity index is 832. The number of benzene rings is 3. The van der Waals surface area contributed by atoms with E-state index < -0.39 is 0 Å². The second kappa shape index (κ2) is 9.02. The van der Waals surface area contributed by atoms with Crippen molar-refractivity contribution in [2.24, 2.45) is 0 Å². The molecule has 0 aliphatic carbocycles. The predicted octanol–water partition coefficient (Wildman–Crippen LogP) is 4.60. The molecule has 0 amide bonds. The highest BCUT2D eigenvalue weighted by Gasteiger charge is 2.02. The van der Waals surface area contributed by atoms with Gasteiger partial charge in [0.25, 0.3) is 0 Å². The van der Waals surface area contributed by atoms with E-state index in [-0.39, 0.29) is 0 Å². The van der Waals surface area contributed by atoms with Crippen LogP contribution in [0.3, 0.4) is 0 Å². The van der Waals surface area contributed by atoms with Gasteiger partial charge in [-0.25, -0.2) is 0 Å². The molecule has 120 valence electrons. The van der Waals surface area contributed by atoms with Crippen LogP contribution in [0.5, 0.6) is 0 Å². The van der Waals surface area contributed by atoms with Gasteiger partial charge >= 0.3 is 0 Å². The monoisotopic (exact) mass is 321 g/mol. The average molecular weight is 321 g/mol. The van der Waals surface area contributed by atoms with E-state index in [9.17, 15) is 0 Å². The molecule has 0 aromatic heterocycles. The summed E-state index contributed by atoms with van der Waals surface area (Å²) < 4.78 is 0. The fourth-order valence-electron chi connectivity index (χ4n) is 2.39. The summed E-state index contributed by atoms with van der Waals surface area (Å²) in [6, 6.07) is 30.4. The van der Waals surface area contributed by atoms with E-state index >= 15 is 0 Å². The highest BCUT2D eigenvalue weighted by atomic mass is 15.1. The van der Waals surface area contributed by atoms with Crippen molar-refractivity contribution in [1.82, 2.24) is 0 Å². The summed E-state index contributed by atoms with van der Waals surface area (Å²) in [4.78, 5) is 2.19. The second-order valence-corrected chi connectivity index (χ2v) is 5.53. The van der Waals surface area contributed by atoms with Crippen molar-refractivity contribution in [2.45, 2.75) is 0 Å². The molecule has 0 unspecified atom stereocenters. The highest BCUT2D eigenvalue weighted by Crippen LogP contribution is 2.12. The molecule has 3 aromatic carbocycles. The minimum atomic E-state index is 0.641. The largest absolute Gasteiger partial charge is 0.349 e. The van der Waals surface area contributed by atoms with Gasteiger partial charge in [-0.1, -0.05) is 78.3 Å². The molecule has 1 nitrogen and oxygen atoms in total. The molecule has 0 heterocycles. The van der Waals surface area contributed by atoms with Gasteiger partial charge in [0.05, 0.1) is 13.1 Å². The first-order valence-corrected chi connectivity index (χ1v) is 8.30. The fraction of sp³-hybridized carbons (Fsp3) is 0.0833. The van der Waals surface area contributed by atoms with Crippen molar-refractivity contribution in [3.63, 3.8) is 0 Å². The topological polar surface area (TPSA) is 3.24 Å². The molecule has 0 radical (unpaired) electrons. The van der Waals surface area contributed by atoms with Gasteiger partial charge in [0.15, 0.2) is 0 Å². The van der Waals surface area contributed by atoms with Gasteiger partial charge in [0.2, 0.25) is 0 Å². The fourth-order valence-corrected chi connectivity index (χ4v) is 2.39. The molecule has 3 aromatic rings. The minimum Gasteiger partial charge on any atom is -0.349 e. The van der Waals surface area contributed by atoms with Gasteiger partial charge in [-0.2, -0.15) is 0 Å². The third kappa shape index (κ3) is 5.31. The van der Waals surface area contributed by atoms with Crippen LogP contribution in [0.1, 0.15) is 11.1 Å². The van der Waals surface area contributed by atoms with Crippen molar-refractivity contribution in [3.05, 3.63) is 102 Å². The second-order valence-electron chi connectivity index (χ2n) is 5.53. The smallest absolute Gasteiger partial charge is 0.0808 e. The van der Waals surface area contributed by atoms with Crippen LogP contribution in [0.2, 0.25) is 0 Å². The molecule has 0 saturated heterocycles. The van der Waals surface area contributed by atoms with Crippen molar-refractivity contribution >= 4 is 5.69 Å². The van der Waals surface area contributed by atoms with Gasteiger partial charge in [0, 0.05) is 16.8 Å². The molecule has 25 heavy (non-hydrogen) atoms. The quantitative estimate of drug-likeness (QED) is 0.637. The Morgan fingerprint density at radius 2 is 0.920 bits per heavy atom. The molecule has 0 aliphatic heterocycles. The summed E-state index contributed by atoms with van der Waals surface area (Å²) in [6.07, 6.45) is 0. The van der Waals surface area contributed by atoms with Gasteiger partial charge < -0.3 is 4.90 Å². The van der Waals surface area contributed by atoms with Crippen molar-refractivity contribution in [3.8, 4) is 23.7 Å². The van der Waals surface area contributed by atoms with Gasteiger partial charge in [0.1, 0.15) is 0 Å². The van der Waals surface area contributed by atoms with Crippen LogP contribution in [0.4, 0.5) is 5.69 Å². The Kier molecular flexibility index (Phi) is 5.93. The highest BCUT2D eigenvalue weighted by molar-refractivity contribution is 5.49. The van der Waals surface area contributed by atoms with Crippen LogP contribution in [0.15, 0.2) is 91.0 Å². The third-order valence-corrected chi connectivity index (χ3v) is 3.67. The Morgan fingerprint density at radius 3 is 1.36 bits per heavy atom. The molecule has 3 rings (SSSR count). The van der Waals surface area contributed by atoms with Crippen LogP contribution in [0, 0.1) is 23.7 Å². The lowest BCUT2D eigenvalue weighted by molar-refractivity contribution is 0.985. The number of nitrogens with zero attached hydrogens (tertiary/aromatic N) is 1. The van der Waals surface area contributed by atoms with E-state index in [1.807, 2.05) is 78.9 Å². The molecule has 0 saturated carbocycles. The molecule has 0 bridgehead atoms. The lowest BCUT2D eigenvalue weighted by Gasteiger charge is -2.19. The van der Waals surface area contributed by atoms with Crippen molar-refractivity contribution in [2.75, 3.05) is 18.0 Å². The predicted molar refractivity (Wildman–Crippen MR) is 105 cm³/mol. The molecule has 1 heteroatoms. The standard InChI is InChI=1S/C24H19N/c1-4-12-22(13-5-1)16-10-20-25(24-18-8-3-9-19-24)21-11-17-23-14-6-2-7-15-23/h1-9,12-15,18-19H,20-21H2. The summed E-state index contributed by atoms with van der Waals surface area (Å²) in [5.41, 5.74) is 3.20. The first-order valence-electron chi connectivity index (χ1n) is 8.30. The first kappa shape index (κ1) is 16.4. The van der Waals surface area contributed by atoms with Crippen molar-refractivity contribution < 1.29 is 0 Å². The van der Waals surface area contributed by atoms with Crippen LogP contribution in [-0.4, -0.2) is 13.1 Å². The normalized spacial score (nSPS) is 9.28. The summed E-state index contributed by atoms with van der Waals surface area (Å²) >= 11 is 0. The van der Waals surface area contributed by atoms with Gasteiger partial charge in [-0.15, -0.1) is 0 Å².